The lowest BCUT2D eigenvalue weighted by Gasteiger charge is -2.34. The zero-order chi connectivity index (χ0) is 18.3. The van der Waals surface area contributed by atoms with Crippen molar-refractivity contribution in [2.75, 3.05) is 18.0 Å². The van der Waals surface area contributed by atoms with Crippen LogP contribution in [0.25, 0.3) is 0 Å². The first-order valence-corrected chi connectivity index (χ1v) is 9.59. The first-order valence-electron chi connectivity index (χ1n) is 9.59. The molecule has 0 aromatic heterocycles. The molecule has 0 radical (unpaired) electrons. The Morgan fingerprint density at radius 2 is 1.65 bits per heavy atom. The second kappa shape index (κ2) is 6.97. The van der Waals surface area contributed by atoms with Gasteiger partial charge in [0.1, 0.15) is 0 Å². The highest BCUT2D eigenvalue weighted by molar-refractivity contribution is 6.01. The van der Waals surface area contributed by atoms with Gasteiger partial charge in [0.05, 0.1) is 11.6 Å². The van der Waals surface area contributed by atoms with Gasteiger partial charge in [-0.3, -0.25) is 14.9 Å². The van der Waals surface area contributed by atoms with E-state index in [1.54, 1.807) is 6.07 Å². The van der Waals surface area contributed by atoms with E-state index in [1.807, 2.05) is 4.90 Å². The summed E-state index contributed by atoms with van der Waals surface area (Å²) in [4.78, 5) is 25.1. The monoisotopic (exact) mass is 362 g/mol. The third kappa shape index (κ3) is 3.46. The summed E-state index contributed by atoms with van der Waals surface area (Å²) in [5.74, 6) is -1.96. The topological polar surface area (TPSA) is 49.4 Å². The molecular formula is C20H24F2N2O2. The number of benzene rings is 1. The fraction of sp³-hybridized carbons (Fsp3) is 0.600. The quantitative estimate of drug-likeness (QED) is 0.834. The third-order valence-corrected chi connectivity index (χ3v) is 6.03. The van der Waals surface area contributed by atoms with E-state index in [2.05, 4.69) is 5.32 Å². The second-order valence-electron chi connectivity index (χ2n) is 7.92. The molecule has 1 aliphatic carbocycles. The van der Waals surface area contributed by atoms with Gasteiger partial charge in [0.25, 0.3) is 0 Å². The molecule has 2 saturated heterocycles. The molecule has 4 rings (SSSR count). The predicted molar refractivity (Wildman–Crippen MR) is 93.8 cm³/mol. The second-order valence-corrected chi connectivity index (χ2v) is 7.92. The molecule has 3 fully saturated rings. The first-order chi connectivity index (χ1) is 12.5. The van der Waals surface area contributed by atoms with E-state index in [-0.39, 0.29) is 30.0 Å². The molecule has 2 aliphatic heterocycles. The summed E-state index contributed by atoms with van der Waals surface area (Å²) < 4.78 is 29.4. The molecule has 0 spiro atoms. The SMILES string of the molecule is O=C1CCC(c2ccc(N3CCC(CC4CC4)CC3)c(F)c2F)C(=O)N1. The number of carbonyl (C=O) groups is 2. The molecule has 140 valence electrons. The number of nitrogens with one attached hydrogen (secondary N) is 1. The molecule has 1 N–H and O–H groups in total. The van der Waals surface area contributed by atoms with E-state index < -0.39 is 23.5 Å². The number of anilines is 1. The van der Waals surface area contributed by atoms with Gasteiger partial charge >= 0.3 is 0 Å². The normalized spacial score (nSPS) is 24.7. The van der Waals surface area contributed by atoms with E-state index in [1.165, 1.54) is 25.3 Å². The van der Waals surface area contributed by atoms with Gasteiger partial charge in [0.15, 0.2) is 11.6 Å². The molecule has 1 aromatic carbocycles. The Morgan fingerprint density at radius 1 is 0.962 bits per heavy atom. The molecule has 6 heteroatoms. The summed E-state index contributed by atoms with van der Waals surface area (Å²) >= 11 is 0. The molecular weight excluding hydrogens is 338 g/mol. The van der Waals surface area contributed by atoms with Gasteiger partial charge < -0.3 is 4.90 Å². The Balaban J connectivity index is 1.47. The van der Waals surface area contributed by atoms with E-state index in [0.717, 1.165) is 31.8 Å². The highest BCUT2D eigenvalue weighted by Crippen LogP contribution is 2.39. The van der Waals surface area contributed by atoms with Crippen molar-refractivity contribution in [1.29, 1.82) is 0 Å². The van der Waals surface area contributed by atoms with Gasteiger partial charge in [0.2, 0.25) is 11.8 Å². The fourth-order valence-electron chi connectivity index (χ4n) is 4.29. The smallest absolute Gasteiger partial charge is 0.234 e. The van der Waals surface area contributed by atoms with Gasteiger partial charge in [-0.15, -0.1) is 0 Å². The van der Waals surface area contributed by atoms with Crippen LogP contribution in [-0.2, 0) is 9.59 Å². The number of rotatable bonds is 4. The zero-order valence-corrected chi connectivity index (χ0v) is 14.8. The molecule has 1 aromatic rings. The van der Waals surface area contributed by atoms with Gasteiger partial charge in [-0.05, 0) is 43.6 Å². The highest BCUT2D eigenvalue weighted by atomic mass is 19.2. The van der Waals surface area contributed by atoms with Crippen molar-refractivity contribution >= 4 is 17.5 Å². The molecule has 2 amide bonds. The lowest BCUT2D eigenvalue weighted by molar-refractivity contribution is -0.134. The number of nitrogens with zero attached hydrogens (tertiary/aromatic N) is 1. The van der Waals surface area contributed by atoms with Crippen LogP contribution in [0.3, 0.4) is 0 Å². The van der Waals surface area contributed by atoms with E-state index >= 15 is 0 Å². The molecule has 3 aliphatic rings. The summed E-state index contributed by atoms with van der Waals surface area (Å²) in [7, 11) is 0. The van der Waals surface area contributed by atoms with Crippen molar-refractivity contribution in [3.05, 3.63) is 29.3 Å². The molecule has 1 atom stereocenters. The number of piperidine rings is 2. The minimum atomic E-state index is -0.961. The largest absolute Gasteiger partial charge is 0.369 e. The lowest BCUT2D eigenvalue weighted by Crippen LogP contribution is -2.40. The maximum absolute atomic E-state index is 14.7. The number of carbonyl (C=O) groups excluding carboxylic acids is 2. The van der Waals surface area contributed by atoms with Crippen molar-refractivity contribution in [2.45, 2.75) is 50.9 Å². The predicted octanol–water partition coefficient (Wildman–Crippen LogP) is 3.50. The van der Waals surface area contributed by atoms with Crippen LogP contribution in [0.1, 0.15) is 56.4 Å². The van der Waals surface area contributed by atoms with Crippen LogP contribution < -0.4 is 10.2 Å². The minimum Gasteiger partial charge on any atom is -0.369 e. The van der Waals surface area contributed by atoms with E-state index in [4.69, 9.17) is 0 Å². The van der Waals surface area contributed by atoms with Crippen LogP contribution in [0, 0.1) is 23.5 Å². The maximum Gasteiger partial charge on any atom is 0.234 e. The number of imide groups is 1. The van der Waals surface area contributed by atoms with Gasteiger partial charge in [-0.25, -0.2) is 8.78 Å². The van der Waals surface area contributed by atoms with E-state index in [9.17, 15) is 18.4 Å². The number of hydrogen-bond acceptors (Lipinski definition) is 3. The third-order valence-electron chi connectivity index (χ3n) is 6.03. The van der Waals surface area contributed by atoms with Crippen LogP contribution >= 0.6 is 0 Å². The Labute approximate surface area is 151 Å². The number of hydrogen-bond donors (Lipinski definition) is 1. The Morgan fingerprint density at radius 3 is 2.31 bits per heavy atom. The van der Waals surface area contributed by atoms with Crippen LogP contribution in [-0.4, -0.2) is 24.9 Å². The molecule has 2 heterocycles. The van der Waals surface area contributed by atoms with Crippen molar-refractivity contribution in [1.82, 2.24) is 5.32 Å². The van der Waals surface area contributed by atoms with E-state index in [0.29, 0.717) is 5.92 Å². The van der Waals surface area contributed by atoms with Crippen molar-refractivity contribution in [3.8, 4) is 0 Å². The Bertz CT molecular complexity index is 725. The van der Waals surface area contributed by atoms with Gasteiger partial charge in [0, 0.05) is 25.1 Å². The Kier molecular flexibility index (Phi) is 4.67. The maximum atomic E-state index is 14.7. The van der Waals surface area contributed by atoms with Crippen molar-refractivity contribution in [3.63, 3.8) is 0 Å². The standard InChI is InChI=1S/C20H24F2N2O2/c21-18-14(15-4-6-17(25)23-20(15)26)3-5-16(19(18)22)24-9-7-13(8-10-24)11-12-1-2-12/h3,5,12-13,15H,1-2,4,6-11H2,(H,23,25,26). The van der Waals surface area contributed by atoms with Gasteiger partial charge in [-0.2, -0.15) is 0 Å². The number of halogens is 2. The van der Waals surface area contributed by atoms with Crippen LogP contribution in [0.4, 0.5) is 14.5 Å². The fourth-order valence-corrected chi connectivity index (χ4v) is 4.29. The highest BCUT2D eigenvalue weighted by Gasteiger charge is 2.33. The summed E-state index contributed by atoms with van der Waals surface area (Å²) in [6.45, 7) is 1.48. The average molecular weight is 362 g/mol. The molecule has 1 saturated carbocycles. The van der Waals surface area contributed by atoms with Crippen LogP contribution in [0.5, 0.6) is 0 Å². The summed E-state index contributed by atoms with van der Waals surface area (Å²) in [5, 5.41) is 2.20. The summed E-state index contributed by atoms with van der Waals surface area (Å²) in [6.07, 6.45) is 6.38. The molecule has 0 bridgehead atoms. The minimum absolute atomic E-state index is 0.0415. The van der Waals surface area contributed by atoms with Crippen molar-refractivity contribution in [2.24, 2.45) is 11.8 Å². The summed E-state index contributed by atoms with van der Waals surface area (Å²) in [5.41, 5.74) is 0.322. The summed E-state index contributed by atoms with van der Waals surface area (Å²) in [6, 6.07) is 3.09. The van der Waals surface area contributed by atoms with Crippen LogP contribution in [0.15, 0.2) is 12.1 Å². The first kappa shape index (κ1) is 17.4. The Hall–Kier alpha value is -1.98. The zero-order valence-electron chi connectivity index (χ0n) is 14.8. The number of amides is 2. The van der Waals surface area contributed by atoms with Crippen LogP contribution in [0.2, 0.25) is 0 Å². The average Bonchev–Trinajstić information content (AvgIpc) is 3.43. The molecule has 4 nitrogen and oxygen atoms in total. The molecule has 26 heavy (non-hydrogen) atoms. The van der Waals surface area contributed by atoms with Crippen molar-refractivity contribution < 1.29 is 18.4 Å². The van der Waals surface area contributed by atoms with Gasteiger partial charge in [-0.1, -0.05) is 18.9 Å². The lowest BCUT2D eigenvalue weighted by atomic mass is 9.89. The molecule has 1 unspecified atom stereocenters.